The van der Waals surface area contributed by atoms with Crippen molar-refractivity contribution in [2.75, 3.05) is 5.50 Å². The first kappa shape index (κ1) is 20.6. The Hall–Kier alpha value is -0.633. The summed E-state index contributed by atoms with van der Waals surface area (Å²) in [5, 5.41) is 10.3. The van der Waals surface area contributed by atoms with Gasteiger partial charge in [-0.2, -0.15) is 5.26 Å². The van der Waals surface area contributed by atoms with Gasteiger partial charge in [-0.25, -0.2) is 0 Å². The molecule has 3 saturated carbocycles. The van der Waals surface area contributed by atoms with E-state index in [0.717, 1.165) is 44.9 Å². The van der Waals surface area contributed by atoms with Crippen LogP contribution in [0.4, 0.5) is 0 Å². The van der Waals surface area contributed by atoms with E-state index in [1.54, 1.807) is 0 Å². The van der Waals surface area contributed by atoms with Crippen molar-refractivity contribution in [2.24, 2.45) is 28.6 Å². The summed E-state index contributed by atoms with van der Waals surface area (Å²) in [5.41, 5.74) is 1.36. The molecule has 0 amide bonds. The summed E-state index contributed by atoms with van der Waals surface area (Å²) in [4.78, 5) is 12.0. The molecule has 0 N–H and O–H groups in total. The molecule has 0 unspecified atom stereocenters. The molecule has 6 atom stereocenters. The number of allylic oxidation sites excluding steroid dienone is 1. The van der Waals surface area contributed by atoms with Crippen molar-refractivity contribution in [3.05, 3.63) is 11.6 Å². The third kappa shape index (κ3) is 2.80. The van der Waals surface area contributed by atoms with Gasteiger partial charge in [-0.3, -0.25) is 4.79 Å². The second kappa shape index (κ2) is 6.69. The van der Waals surface area contributed by atoms with Crippen LogP contribution in [0.2, 0.25) is 13.1 Å². The summed E-state index contributed by atoms with van der Waals surface area (Å²) >= 11 is 6.22. The number of halogens is 1. The quantitative estimate of drug-likeness (QED) is 0.430. The molecule has 154 valence electrons. The SMILES string of the molecule is C[C@]12CCC(=O)C=C1CC[C@@H]1[C@@H]2CC[C@@]2(C)[C@H]1CC[C@@]2(C#N)O[Si](C)(C)CCl. The number of alkyl halides is 1. The largest absolute Gasteiger partial charge is 0.398 e. The smallest absolute Gasteiger partial charge is 0.203 e. The molecule has 0 aromatic heterocycles. The van der Waals surface area contributed by atoms with Gasteiger partial charge in [0, 0.05) is 17.3 Å². The van der Waals surface area contributed by atoms with E-state index < -0.39 is 13.9 Å². The molecule has 0 spiro atoms. The molecule has 0 bridgehead atoms. The molecule has 0 saturated heterocycles. The highest BCUT2D eigenvalue weighted by Crippen LogP contribution is 2.68. The Bertz CT molecular complexity index is 758. The van der Waals surface area contributed by atoms with Crippen LogP contribution in [0.5, 0.6) is 0 Å². The third-order valence-electron chi connectivity index (χ3n) is 9.03. The van der Waals surface area contributed by atoms with Crippen LogP contribution < -0.4 is 0 Å². The lowest BCUT2D eigenvalue weighted by Gasteiger charge is -2.59. The molecule has 3 fully saturated rings. The Morgan fingerprint density at radius 2 is 1.89 bits per heavy atom. The van der Waals surface area contributed by atoms with E-state index in [0.29, 0.717) is 35.5 Å². The Morgan fingerprint density at radius 1 is 1.18 bits per heavy atom. The molecule has 3 nitrogen and oxygen atoms in total. The molecular formula is C23H34ClNO2Si. The lowest BCUT2D eigenvalue weighted by molar-refractivity contribution is -0.118. The van der Waals surface area contributed by atoms with Crippen LogP contribution >= 0.6 is 11.6 Å². The van der Waals surface area contributed by atoms with Crippen molar-refractivity contribution in [1.29, 1.82) is 5.26 Å². The topological polar surface area (TPSA) is 50.1 Å². The summed E-state index contributed by atoms with van der Waals surface area (Å²) in [6, 6.07) is 2.67. The fourth-order valence-corrected chi connectivity index (χ4v) is 8.97. The third-order valence-corrected chi connectivity index (χ3v) is 12.5. The van der Waals surface area contributed by atoms with E-state index in [4.69, 9.17) is 16.0 Å². The van der Waals surface area contributed by atoms with Gasteiger partial charge in [0.15, 0.2) is 5.78 Å². The van der Waals surface area contributed by atoms with Crippen molar-refractivity contribution in [3.63, 3.8) is 0 Å². The number of hydrogen-bond acceptors (Lipinski definition) is 3. The lowest BCUT2D eigenvalue weighted by atomic mass is 9.46. The van der Waals surface area contributed by atoms with E-state index in [1.807, 2.05) is 6.08 Å². The van der Waals surface area contributed by atoms with Crippen LogP contribution in [0.3, 0.4) is 0 Å². The highest BCUT2D eigenvalue weighted by Gasteiger charge is 2.66. The van der Waals surface area contributed by atoms with Gasteiger partial charge in [-0.1, -0.05) is 19.4 Å². The maximum absolute atomic E-state index is 12.0. The number of fused-ring (bicyclic) bond motifs is 5. The molecule has 5 heteroatoms. The lowest BCUT2D eigenvalue weighted by Crippen LogP contribution is -2.58. The van der Waals surface area contributed by atoms with Crippen molar-refractivity contribution < 1.29 is 9.22 Å². The normalized spacial score (nSPS) is 45.5. The molecule has 0 aliphatic heterocycles. The van der Waals surface area contributed by atoms with Gasteiger partial charge in [0.1, 0.15) is 5.60 Å². The molecule has 0 heterocycles. The second-order valence-corrected chi connectivity index (χ2v) is 15.7. The minimum Gasteiger partial charge on any atom is -0.398 e. The average molecular weight is 420 g/mol. The van der Waals surface area contributed by atoms with Crippen LogP contribution in [-0.4, -0.2) is 25.2 Å². The van der Waals surface area contributed by atoms with Crippen molar-refractivity contribution in [3.8, 4) is 6.07 Å². The first-order valence-corrected chi connectivity index (χ1v) is 14.7. The number of hydrogen-bond donors (Lipinski definition) is 0. The molecular weight excluding hydrogens is 386 g/mol. The Balaban J connectivity index is 1.67. The summed E-state index contributed by atoms with van der Waals surface area (Å²) in [6.07, 6.45) is 10.0. The van der Waals surface area contributed by atoms with Crippen LogP contribution in [0.15, 0.2) is 11.6 Å². The van der Waals surface area contributed by atoms with E-state index in [9.17, 15) is 10.1 Å². The second-order valence-electron chi connectivity index (χ2n) is 10.9. The first-order valence-electron chi connectivity index (χ1n) is 11.0. The zero-order valence-corrected chi connectivity index (χ0v) is 19.6. The summed E-state index contributed by atoms with van der Waals surface area (Å²) < 4.78 is 6.67. The van der Waals surface area contributed by atoms with Crippen LogP contribution in [0, 0.1) is 39.9 Å². The minimum atomic E-state index is -2.06. The standard InChI is InChI=1S/C23H34ClNO2Si/c1-21-10-7-17(26)13-16(21)5-6-18-19(21)8-11-22(2)20(18)9-12-23(22,14-25)27-28(3,4)15-24/h13,18-20H,5-12,15H2,1-4H3/t18-,19+,20+,21+,22+,23+/m1/s1. The van der Waals surface area contributed by atoms with Gasteiger partial charge in [-0.15, -0.1) is 11.6 Å². The molecule has 4 aliphatic rings. The minimum absolute atomic E-state index is 0.0820. The summed E-state index contributed by atoms with van der Waals surface area (Å²) in [6.45, 7) is 9.02. The summed E-state index contributed by atoms with van der Waals surface area (Å²) in [7, 11) is -2.06. The zero-order chi connectivity index (χ0) is 20.4. The Labute approximate surface area is 176 Å². The monoisotopic (exact) mass is 419 g/mol. The zero-order valence-electron chi connectivity index (χ0n) is 17.8. The Kier molecular flexibility index (Phi) is 4.93. The van der Waals surface area contributed by atoms with E-state index >= 15 is 0 Å². The van der Waals surface area contributed by atoms with Crippen LogP contribution in [-0.2, 0) is 9.22 Å². The molecule has 4 aliphatic carbocycles. The first-order chi connectivity index (χ1) is 13.1. The number of carbonyl (C=O) groups is 1. The van der Waals surface area contributed by atoms with Crippen molar-refractivity contribution in [2.45, 2.75) is 83.9 Å². The van der Waals surface area contributed by atoms with Crippen LogP contribution in [0.1, 0.15) is 65.2 Å². The van der Waals surface area contributed by atoms with Gasteiger partial charge in [-0.05, 0) is 87.3 Å². The predicted molar refractivity (Wildman–Crippen MR) is 114 cm³/mol. The van der Waals surface area contributed by atoms with Gasteiger partial charge in [0.05, 0.1) is 6.07 Å². The predicted octanol–water partition coefficient (Wildman–Crippen LogP) is 5.78. The van der Waals surface area contributed by atoms with Crippen molar-refractivity contribution in [1.82, 2.24) is 0 Å². The van der Waals surface area contributed by atoms with E-state index in [-0.39, 0.29) is 10.8 Å². The fraction of sp³-hybridized carbons (Fsp3) is 0.826. The van der Waals surface area contributed by atoms with Crippen LogP contribution in [0.25, 0.3) is 0 Å². The highest BCUT2D eigenvalue weighted by molar-refractivity contribution is 6.77. The van der Waals surface area contributed by atoms with Gasteiger partial charge in [0.2, 0.25) is 8.32 Å². The maximum Gasteiger partial charge on any atom is 0.203 e. The number of rotatable bonds is 3. The Morgan fingerprint density at radius 3 is 2.57 bits per heavy atom. The number of ketones is 1. The van der Waals surface area contributed by atoms with Gasteiger partial charge in [0.25, 0.3) is 0 Å². The molecule has 0 aromatic carbocycles. The molecule has 4 rings (SSSR count). The number of nitrogens with zero attached hydrogens (tertiary/aromatic N) is 1. The average Bonchev–Trinajstić information content (AvgIpc) is 2.94. The maximum atomic E-state index is 12.0. The van der Waals surface area contributed by atoms with E-state index in [1.165, 1.54) is 5.57 Å². The van der Waals surface area contributed by atoms with Gasteiger partial charge >= 0.3 is 0 Å². The number of nitriles is 1. The molecule has 28 heavy (non-hydrogen) atoms. The number of carbonyl (C=O) groups excluding carboxylic acids is 1. The van der Waals surface area contributed by atoms with Gasteiger partial charge < -0.3 is 4.43 Å². The summed E-state index contributed by atoms with van der Waals surface area (Å²) in [5.74, 6) is 2.15. The van der Waals surface area contributed by atoms with E-state index in [2.05, 4.69) is 33.0 Å². The van der Waals surface area contributed by atoms with Crippen molar-refractivity contribution >= 4 is 25.7 Å². The highest BCUT2D eigenvalue weighted by atomic mass is 35.5. The molecule has 0 aromatic rings. The molecule has 0 radical (unpaired) electrons. The fourth-order valence-electron chi connectivity index (χ4n) is 7.43.